The highest BCUT2D eigenvalue weighted by Crippen LogP contribution is 2.23. The van der Waals surface area contributed by atoms with Gasteiger partial charge in [0.2, 0.25) is 0 Å². The number of carbonyl (C=O) groups is 1. The number of amides is 1. The fraction of sp³-hybridized carbons (Fsp3) is 0.643. The molecule has 21 heavy (non-hydrogen) atoms. The predicted octanol–water partition coefficient (Wildman–Crippen LogP) is -0.588. The second kappa shape index (κ2) is 6.46. The minimum absolute atomic E-state index is 0.00445. The fourth-order valence-corrected chi connectivity index (χ4v) is 2.40. The molecule has 116 valence electrons. The second-order valence-electron chi connectivity index (χ2n) is 5.73. The van der Waals surface area contributed by atoms with Crippen LogP contribution >= 0.6 is 0 Å². The lowest BCUT2D eigenvalue weighted by molar-refractivity contribution is -0.119. The van der Waals surface area contributed by atoms with E-state index in [4.69, 9.17) is 0 Å². The Bertz CT molecular complexity index is 482. The summed E-state index contributed by atoms with van der Waals surface area (Å²) in [6.45, 7) is 5.18. The van der Waals surface area contributed by atoms with Gasteiger partial charge in [-0.05, 0) is 20.3 Å². The molecule has 1 fully saturated rings. The van der Waals surface area contributed by atoms with Crippen molar-refractivity contribution in [3.05, 3.63) is 24.3 Å². The zero-order valence-electron chi connectivity index (χ0n) is 12.4. The van der Waals surface area contributed by atoms with Crippen LogP contribution in [0, 0.1) is 0 Å². The molecule has 0 aromatic carbocycles. The summed E-state index contributed by atoms with van der Waals surface area (Å²) in [5.41, 5.74) is -1.11. The number of β-amino-alcohol motifs (C(OH)–C–C–N with tert-alkyl or cyclic N) is 1. The van der Waals surface area contributed by atoms with Crippen molar-refractivity contribution in [1.29, 1.82) is 0 Å². The number of carbonyl (C=O) groups excluding carboxylic acids is 1. The molecule has 2 heterocycles. The van der Waals surface area contributed by atoms with Crippen LogP contribution in [0.5, 0.6) is 0 Å². The first-order valence-corrected chi connectivity index (χ1v) is 7.11. The number of piperidine rings is 1. The Balaban J connectivity index is 1.92. The summed E-state index contributed by atoms with van der Waals surface area (Å²) in [5.74, 6) is -0.407. The van der Waals surface area contributed by atoms with Crippen LogP contribution in [-0.2, 0) is 0 Å². The van der Waals surface area contributed by atoms with E-state index in [1.54, 1.807) is 0 Å². The maximum atomic E-state index is 11.9. The van der Waals surface area contributed by atoms with E-state index in [1.165, 1.54) is 18.6 Å². The number of hydrogen-bond acceptors (Lipinski definition) is 6. The minimum atomic E-state index is -1.30. The van der Waals surface area contributed by atoms with Crippen molar-refractivity contribution in [1.82, 2.24) is 20.2 Å². The van der Waals surface area contributed by atoms with Gasteiger partial charge in [0.15, 0.2) is 0 Å². The van der Waals surface area contributed by atoms with Gasteiger partial charge in [-0.3, -0.25) is 14.7 Å². The molecule has 3 N–H and O–H groups in total. The predicted molar refractivity (Wildman–Crippen MR) is 76.6 cm³/mol. The molecule has 0 unspecified atom stereocenters. The number of aliphatic hydroxyl groups is 2. The highest BCUT2D eigenvalue weighted by molar-refractivity contribution is 5.91. The highest BCUT2D eigenvalue weighted by Gasteiger charge is 2.41. The van der Waals surface area contributed by atoms with Crippen LogP contribution in [0.2, 0.25) is 0 Å². The molecule has 1 aliphatic heterocycles. The van der Waals surface area contributed by atoms with Crippen LogP contribution in [-0.4, -0.2) is 68.4 Å². The summed E-state index contributed by atoms with van der Waals surface area (Å²) in [6.07, 6.45) is 3.79. The van der Waals surface area contributed by atoms with Crippen molar-refractivity contribution >= 4 is 5.91 Å². The molecule has 7 nitrogen and oxygen atoms in total. The Kier molecular flexibility index (Phi) is 4.87. The van der Waals surface area contributed by atoms with Crippen LogP contribution in [0.1, 0.15) is 30.8 Å². The molecule has 1 aliphatic rings. The van der Waals surface area contributed by atoms with Crippen molar-refractivity contribution in [2.45, 2.75) is 38.0 Å². The maximum Gasteiger partial charge on any atom is 0.271 e. The first-order valence-electron chi connectivity index (χ1n) is 7.11. The molecule has 0 bridgehead atoms. The van der Waals surface area contributed by atoms with E-state index in [0.29, 0.717) is 25.6 Å². The van der Waals surface area contributed by atoms with Gasteiger partial charge in [-0.1, -0.05) is 0 Å². The number of likely N-dealkylation sites (tertiary alicyclic amines) is 1. The van der Waals surface area contributed by atoms with Gasteiger partial charge >= 0.3 is 0 Å². The summed E-state index contributed by atoms with van der Waals surface area (Å²) < 4.78 is 0. The molecule has 0 saturated carbocycles. The Labute approximate surface area is 124 Å². The zero-order valence-corrected chi connectivity index (χ0v) is 12.4. The molecule has 1 amide bonds. The number of nitrogens with zero attached hydrogens (tertiary/aromatic N) is 3. The van der Waals surface area contributed by atoms with E-state index in [1.807, 2.05) is 13.8 Å². The standard InChI is InChI=1S/C14H22N4O3/c1-10(2)18-6-3-14(21,12(19)8-18)9-17-13(20)11-7-15-4-5-16-11/h4-5,7,10,12,19,21H,3,6,8-9H2,1-2H3,(H,17,20)/t12-,14-/m1/s1. The number of rotatable bonds is 4. The van der Waals surface area contributed by atoms with Crippen LogP contribution in [0.3, 0.4) is 0 Å². The first kappa shape index (κ1) is 15.8. The maximum absolute atomic E-state index is 11.9. The van der Waals surface area contributed by atoms with Gasteiger partial charge < -0.3 is 15.5 Å². The summed E-state index contributed by atoms with van der Waals surface area (Å²) in [6, 6.07) is 0.318. The van der Waals surface area contributed by atoms with E-state index in [2.05, 4.69) is 20.2 Å². The summed E-state index contributed by atoms with van der Waals surface area (Å²) in [4.78, 5) is 21.7. The van der Waals surface area contributed by atoms with Gasteiger partial charge in [-0.15, -0.1) is 0 Å². The Morgan fingerprint density at radius 1 is 1.57 bits per heavy atom. The van der Waals surface area contributed by atoms with Crippen molar-refractivity contribution in [3.63, 3.8) is 0 Å². The summed E-state index contributed by atoms with van der Waals surface area (Å²) in [7, 11) is 0. The highest BCUT2D eigenvalue weighted by atomic mass is 16.3. The Morgan fingerprint density at radius 3 is 2.90 bits per heavy atom. The molecule has 1 aromatic rings. The average Bonchev–Trinajstić information content (AvgIpc) is 2.48. The first-order chi connectivity index (χ1) is 9.92. The third-order valence-corrected chi connectivity index (χ3v) is 3.94. The van der Waals surface area contributed by atoms with Gasteiger partial charge in [0.1, 0.15) is 11.3 Å². The minimum Gasteiger partial charge on any atom is -0.389 e. The zero-order chi connectivity index (χ0) is 15.5. The van der Waals surface area contributed by atoms with Crippen molar-refractivity contribution in [3.8, 4) is 0 Å². The number of aromatic nitrogens is 2. The third-order valence-electron chi connectivity index (χ3n) is 3.94. The third kappa shape index (κ3) is 3.75. The number of aliphatic hydroxyl groups excluding tert-OH is 1. The van der Waals surface area contributed by atoms with Gasteiger partial charge in [0.25, 0.3) is 5.91 Å². The summed E-state index contributed by atoms with van der Waals surface area (Å²) in [5, 5.41) is 23.3. The van der Waals surface area contributed by atoms with Gasteiger partial charge in [0, 0.05) is 38.1 Å². The van der Waals surface area contributed by atoms with E-state index in [-0.39, 0.29) is 12.2 Å². The molecule has 2 rings (SSSR count). The Hall–Kier alpha value is -1.57. The van der Waals surface area contributed by atoms with Crippen molar-refractivity contribution < 1.29 is 15.0 Å². The monoisotopic (exact) mass is 294 g/mol. The molecule has 0 spiro atoms. The van der Waals surface area contributed by atoms with Crippen LogP contribution in [0.25, 0.3) is 0 Å². The number of hydrogen-bond donors (Lipinski definition) is 3. The molecule has 0 radical (unpaired) electrons. The Morgan fingerprint density at radius 2 is 2.33 bits per heavy atom. The second-order valence-corrected chi connectivity index (χ2v) is 5.73. The lowest BCUT2D eigenvalue weighted by Crippen LogP contribution is -2.61. The van der Waals surface area contributed by atoms with E-state index in [0.717, 1.165) is 0 Å². The molecular weight excluding hydrogens is 272 g/mol. The molecule has 1 aromatic heterocycles. The molecular formula is C14H22N4O3. The molecule has 0 aliphatic carbocycles. The average molecular weight is 294 g/mol. The van der Waals surface area contributed by atoms with E-state index >= 15 is 0 Å². The van der Waals surface area contributed by atoms with Crippen molar-refractivity contribution in [2.24, 2.45) is 0 Å². The van der Waals surface area contributed by atoms with Crippen LogP contribution < -0.4 is 5.32 Å². The van der Waals surface area contributed by atoms with Gasteiger partial charge in [0.05, 0.1) is 12.3 Å². The van der Waals surface area contributed by atoms with E-state index < -0.39 is 17.6 Å². The van der Waals surface area contributed by atoms with Gasteiger partial charge in [-0.2, -0.15) is 0 Å². The quantitative estimate of drug-likeness (QED) is 0.687. The fourth-order valence-electron chi connectivity index (χ4n) is 2.40. The smallest absolute Gasteiger partial charge is 0.271 e. The lowest BCUT2D eigenvalue weighted by atomic mass is 9.88. The molecule has 2 atom stereocenters. The van der Waals surface area contributed by atoms with Crippen LogP contribution in [0.4, 0.5) is 0 Å². The molecule has 1 saturated heterocycles. The van der Waals surface area contributed by atoms with E-state index in [9.17, 15) is 15.0 Å². The molecule has 7 heteroatoms. The lowest BCUT2D eigenvalue weighted by Gasteiger charge is -2.43. The topological polar surface area (TPSA) is 98.6 Å². The summed E-state index contributed by atoms with van der Waals surface area (Å²) >= 11 is 0. The largest absolute Gasteiger partial charge is 0.389 e. The van der Waals surface area contributed by atoms with Crippen molar-refractivity contribution in [2.75, 3.05) is 19.6 Å². The van der Waals surface area contributed by atoms with Gasteiger partial charge in [-0.25, -0.2) is 4.98 Å². The van der Waals surface area contributed by atoms with Crippen LogP contribution in [0.15, 0.2) is 18.6 Å². The number of nitrogens with one attached hydrogen (secondary N) is 1. The normalized spacial score (nSPS) is 26.8. The SMILES string of the molecule is CC(C)N1CC[C@@](O)(CNC(=O)c2cnccn2)[C@H](O)C1.